The Balaban J connectivity index is 2.88. The zero-order chi connectivity index (χ0) is 14.6. The van der Waals surface area contributed by atoms with Gasteiger partial charge in [-0.3, -0.25) is 20.2 Å². The van der Waals surface area contributed by atoms with E-state index in [0.717, 1.165) is 5.56 Å². The maximum Gasteiger partial charge on any atom is 0.322 e. The highest BCUT2D eigenvalue weighted by Crippen LogP contribution is 2.23. The van der Waals surface area contributed by atoms with E-state index in [1.165, 1.54) is 13.2 Å². The molecule has 6 nitrogen and oxygen atoms in total. The van der Waals surface area contributed by atoms with Crippen LogP contribution >= 0.6 is 0 Å². The minimum absolute atomic E-state index is 0.0804. The number of nitro groups is 1. The Bertz CT molecular complexity index is 488. The van der Waals surface area contributed by atoms with E-state index in [4.69, 9.17) is 0 Å². The van der Waals surface area contributed by atoms with Crippen LogP contribution in [0.15, 0.2) is 18.2 Å². The molecule has 6 heteroatoms. The summed E-state index contributed by atoms with van der Waals surface area (Å²) in [5.74, 6) is -0.367. The van der Waals surface area contributed by atoms with Crippen LogP contribution < -0.4 is 5.32 Å². The van der Waals surface area contributed by atoms with Crippen molar-refractivity contribution in [2.75, 3.05) is 7.11 Å². The minimum Gasteiger partial charge on any atom is -0.468 e. The number of aryl methyl sites for hydroxylation is 1. The molecule has 0 bridgehead atoms. The maximum atomic E-state index is 11.3. The molecule has 0 aliphatic heterocycles. The number of ether oxygens (including phenoxy) is 1. The molecule has 0 aromatic heterocycles. The van der Waals surface area contributed by atoms with Gasteiger partial charge in [0.15, 0.2) is 0 Å². The van der Waals surface area contributed by atoms with Gasteiger partial charge < -0.3 is 4.74 Å². The minimum atomic E-state index is -0.472. The van der Waals surface area contributed by atoms with Crippen molar-refractivity contribution in [3.8, 4) is 0 Å². The van der Waals surface area contributed by atoms with Crippen LogP contribution in [0.5, 0.6) is 0 Å². The lowest BCUT2D eigenvalue weighted by Gasteiger charge is -2.18. The zero-order valence-corrected chi connectivity index (χ0v) is 11.5. The number of esters is 1. The molecule has 0 saturated heterocycles. The van der Waals surface area contributed by atoms with E-state index in [1.54, 1.807) is 19.9 Å². The quantitative estimate of drug-likeness (QED) is 0.501. The Hall–Kier alpha value is -1.95. The van der Waals surface area contributed by atoms with Crippen LogP contribution in [0.2, 0.25) is 0 Å². The molecular formula is C13H18N2O4. The highest BCUT2D eigenvalue weighted by atomic mass is 16.6. The maximum absolute atomic E-state index is 11.3. The first-order valence-electron chi connectivity index (χ1n) is 5.95. The van der Waals surface area contributed by atoms with E-state index in [9.17, 15) is 14.9 Å². The lowest BCUT2D eigenvalue weighted by atomic mass is 10.0. The van der Waals surface area contributed by atoms with Crippen molar-refractivity contribution in [2.45, 2.75) is 32.9 Å². The van der Waals surface area contributed by atoms with Crippen LogP contribution in [0.1, 0.15) is 31.0 Å². The number of carbonyl (C=O) groups excluding carboxylic acids is 1. The number of nitrogens with one attached hydrogen (secondary N) is 1. The molecule has 19 heavy (non-hydrogen) atoms. The van der Waals surface area contributed by atoms with Gasteiger partial charge in [-0.15, -0.1) is 0 Å². The van der Waals surface area contributed by atoms with Crippen LogP contribution in [0.25, 0.3) is 0 Å². The van der Waals surface area contributed by atoms with Crippen molar-refractivity contribution in [1.29, 1.82) is 0 Å². The first-order chi connectivity index (χ1) is 8.86. The van der Waals surface area contributed by atoms with E-state index in [0.29, 0.717) is 5.56 Å². The van der Waals surface area contributed by atoms with Gasteiger partial charge in [0.1, 0.15) is 6.04 Å². The molecule has 1 aromatic rings. The number of nitro benzene ring substituents is 1. The van der Waals surface area contributed by atoms with E-state index in [1.807, 2.05) is 13.0 Å². The molecule has 1 N–H and O–H groups in total. The van der Waals surface area contributed by atoms with Gasteiger partial charge in [0.25, 0.3) is 5.69 Å². The average Bonchev–Trinajstić information content (AvgIpc) is 2.37. The number of methoxy groups -OCH3 is 1. The number of nitrogens with zero attached hydrogens (tertiary/aromatic N) is 1. The van der Waals surface area contributed by atoms with Crippen molar-refractivity contribution < 1.29 is 14.5 Å². The van der Waals surface area contributed by atoms with Crippen molar-refractivity contribution >= 4 is 11.7 Å². The van der Waals surface area contributed by atoms with E-state index in [2.05, 4.69) is 10.1 Å². The van der Waals surface area contributed by atoms with Gasteiger partial charge >= 0.3 is 5.97 Å². The highest BCUT2D eigenvalue weighted by molar-refractivity contribution is 5.75. The van der Waals surface area contributed by atoms with Gasteiger partial charge in [0, 0.05) is 17.7 Å². The third-order valence-electron chi connectivity index (χ3n) is 2.98. The molecule has 0 amide bonds. The number of carbonyl (C=O) groups is 1. The van der Waals surface area contributed by atoms with Crippen LogP contribution in [0.3, 0.4) is 0 Å². The molecule has 0 aliphatic carbocycles. The van der Waals surface area contributed by atoms with Gasteiger partial charge in [-0.05, 0) is 26.3 Å². The van der Waals surface area contributed by atoms with Crippen LogP contribution in [-0.2, 0) is 9.53 Å². The van der Waals surface area contributed by atoms with Crippen molar-refractivity contribution in [2.24, 2.45) is 0 Å². The Labute approximate surface area is 111 Å². The summed E-state index contributed by atoms with van der Waals surface area (Å²) in [5, 5.41) is 13.9. The summed E-state index contributed by atoms with van der Waals surface area (Å²) in [6.07, 6.45) is 0. The smallest absolute Gasteiger partial charge is 0.322 e. The van der Waals surface area contributed by atoms with Gasteiger partial charge in [0.05, 0.1) is 12.0 Å². The number of hydrogen-bond acceptors (Lipinski definition) is 5. The van der Waals surface area contributed by atoms with Gasteiger partial charge in [-0.2, -0.15) is 0 Å². The second-order valence-corrected chi connectivity index (χ2v) is 4.44. The molecule has 104 valence electrons. The van der Waals surface area contributed by atoms with E-state index in [-0.39, 0.29) is 17.7 Å². The molecule has 2 atom stereocenters. The first kappa shape index (κ1) is 15.1. The Morgan fingerprint density at radius 1 is 1.42 bits per heavy atom. The predicted octanol–water partition coefficient (Wildman–Crippen LogP) is 2.12. The molecule has 0 fully saturated rings. The van der Waals surface area contributed by atoms with Gasteiger partial charge in [-0.1, -0.05) is 12.1 Å². The second kappa shape index (κ2) is 6.29. The standard InChI is InChI=1S/C13H18N2O4/c1-8-5-6-11(7-12(8)15(17)18)9(2)14-10(3)13(16)19-4/h5-7,9-10,14H,1-4H3/t9?,10-/m0/s1. The monoisotopic (exact) mass is 266 g/mol. The fourth-order valence-corrected chi connectivity index (χ4v) is 1.81. The molecule has 1 aromatic carbocycles. The number of hydrogen-bond donors (Lipinski definition) is 1. The SMILES string of the molecule is COC(=O)[C@H](C)NC(C)c1ccc(C)c([N+](=O)[O-])c1. The molecule has 0 heterocycles. The molecular weight excluding hydrogens is 248 g/mol. The van der Waals surface area contributed by atoms with Crippen molar-refractivity contribution in [3.63, 3.8) is 0 Å². The van der Waals surface area contributed by atoms with E-state index < -0.39 is 11.0 Å². The lowest BCUT2D eigenvalue weighted by Crippen LogP contribution is -2.36. The molecule has 1 rings (SSSR count). The third kappa shape index (κ3) is 3.75. The zero-order valence-electron chi connectivity index (χ0n) is 11.5. The summed E-state index contributed by atoms with van der Waals surface area (Å²) in [6.45, 7) is 5.22. The number of benzene rings is 1. The fraction of sp³-hybridized carbons (Fsp3) is 0.462. The Morgan fingerprint density at radius 3 is 2.58 bits per heavy atom. The van der Waals surface area contributed by atoms with Gasteiger partial charge in [0.2, 0.25) is 0 Å². The van der Waals surface area contributed by atoms with Crippen molar-refractivity contribution in [1.82, 2.24) is 5.32 Å². The predicted molar refractivity (Wildman–Crippen MR) is 70.9 cm³/mol. The molecule has 0 saturated carbocycles. The summed E-state index contributed by atoms with van der Waals surface area (Å²) in [7, 11) is 1.32. The summed E-state index contributed by atoms with van der Waals surface area (Å²) in [6, 6.07) is 4.38. The third-order valence-corrected chi connectivity index (χ3v) is 2.98. The molecule has 0 spiro atoms. The number of rotatable bonds is 5. The fourth-order valence-electron chi connectivity index (χ4n) is 1.81. The Morgan fingerprint density at radius 2 is 2.05 bits per heavy atom. The molecule has 0 radical (unpaired) electrons. The highest BCUT2D eigenvalue weighted by Gasteiger charge is 2.19. The summed E-state index contributed by atoms with van der Waals surface area (Å²) < 4.78 is 4.62. The van der Waals surface area contributed by atoms with Crippen LogP contribution in [0, 0.1) is 17.0 Å². The van der Waals surface area contributed by atoms with Crippen LogP contribution in [0.4, 0.5) is 5.69 Å². The molecule has 1 unspecified atom stereocenters. The van der Waals surface area contributed by atoms with Crippen molar-refractivity contribution in [3.05, 3.63) is 39.4 Å². The van der Waals surface area contributed by atoms with Gasteiger partial charge in [-0.25, -0.2) is 0 Å². The summed E-state index contributed by atoms with van der Waals surface area (Å²) >= 11 is 0. The Kier molecular flexibility index (Phi) is 5.00. The van der Waals surface area contributed by atoms with E-state index >= 15 is 0 Å². The average molecular weight is 266 g/mol. The summed E-state index contributed by atoms with van der Waals surface area (Å²) in [4.78, 5) is 21.8. The van der Waals surface area contributed by atoms with Crippen LogP contribution in [-0.4, -0.2) is 24.0 Å². The molecule has 0 aliphatic rings. The normalized spacial score (nSPS) is 13.7. The second-order valence-electron chi connectivity index (χ2n) is 4.44. The summed E-state index contributed by atoms with van der Waals surface area (Å²) in [5.41, 5.74) is 1.45. The topological polar surface area (TPSA) is 81.5 Å². The first-order valence-corrected chi connectivity index (χ1v) is 5.95. The lowest BCUT2D eigenvalue weighted by molar-refractivity contribution is -0.385. The largest absolute Gasteiger partial charge is 0.468 e.